The molecular weight excluding hydrogens is 774 g/mol. The Bertz CT molecular complexity index is 1850. The van der Waals surface area contributed by atoms with Crippen LogP contribution in [0.15, 0.2) is 60.7 Å². The van der Waals surface area contributed by atoms with E-state index >= 15 is 0 Å². The van der Waals surface area contributed by atoms with E-state index in [4.69, 9.17) is 46.4 Å². The zero-order valence-corrected chi connectivity index (χ0v) is 32.9. The van der Waals surface area contributed by atoms with Gasteiger partial charge in [0.25, 0.3) is 0 Å². The molecule has 0 bridgehead atoms. The quantitative estimate of drug-likeness (QED) is 0.0583. The highest BCUT2D eigenvalue weighted by atomic mass is 35.5. The molecule has 4 rings (SSSR count). The Labute approximate surface area is 334 Å². The van der Waals surface area contributed by atoms with Gasteiger partial charge in [-0.1, -0.05) is 96.4 Å². The lowest BCUT2D eigenvalue weighted by atomic mass is 10.1. The van der Waals surface area contributed by atoms with Crippen LogP contribution in [0.5, 0.6) is 11.5 Å². The number of nitrogens with one attached hydrogen (secondary N) is 4. The highest BCUT2D eigenvalue weighted by molar-refractivity contribution is 6.39. The second-order valence-electron chi connectivity index (χ2n) is 13.0. The second kappa shape index (κ2) is 20.3. The number of carbonyl (C=O) groups is 4. The molecule has 0 aromatic heterocycles. The third-order valence-corrected chi connectivity index (χ3v) is 10.5. The fourth-order valence-corrected chi connectivity index (χ4v) is 6.37. The van der Waals surface area contributed by atoms with E-state index in [0.29, 0.717) is 35.3 Å². The first-order valence-corrected chi connectivity index (χ1v) is 19.0. The van der Waals surface area contributed by atoms with Gasteiger partial charge >= 0.3 is 0 Å². The molecule has 0 heterocycles. The molecule has 0 atom stereocenters. The normalized spacial score (nSPS) is 10.9. The van der Waals surface area contributed by atoms with Crippen LogP contribution in [0.1, 0.15) is 73.6 Å². The highest BCUT2D eigenvalue weighted by Crippen LogP contribution is 2.39. The summed E-state index contributed by atoms with van der Waals surface area (Å²) in [6.45, 7) is 3.30. The average Bonchev–Trinajstić information content (AvgIpc) is 3.13. The van der Waals surface area contributed by atoms with Crippen molar-refractivity contribution in [2.75, 3.05) is 21.3 Å². The molecule has 0 aliphatic carbocycles. The maximum absolute atomic E-state index is 12.5. The van der Waals surface area contributed by atoms with Crippen molar-refractivity contribution >= 4 is 92.8 Å². The van der Waals surface area contributed by atoms with Crippen molar-refractivity contribution < 1.29 is 29.4 Å². The van der Waals surface area contributed by atoms with Crippen LogP contribution >= 0.6 is 46.4 Å². The van der Waals surface area contributed by atoms with Crippen LogP contribution in [0.25, 0.3) is 0 Å². The summed E-state index contributed by atoms with van der Waals surface area (Å²) in [6, 6.07) is 16.6. The average molecular weight is 817 g/mol. The minimum Gasteiger partial charge on any atom is -0.506 e. The molecule has 0 saturated carbocycles. The summed E-state index contributed by atoms with van der Waals surface area (Å²) < 4.78 is 0. The summed E-state index contributed by atoms with van der Waals surface area (Å²) in [4.78, 5) is 49.9. The van der Waals surface area contributed by atoms with Crippen molar-refractivity contribution in [2.24, 2.45) is 0 Å². The molecule has 0 saturated heterocycles. The number of rotatable bonds is 17. The smallest absolute Gasteiger partial charge is 0.228 e. The summed E-state index contributed by atoms with van der Waals surface area (Å²) >= 11 is 24.5. The first-order valence-electron chi connectivity index (χ1n) is 17.4. The zero-order chi connectivity index (χ0) is 39.4. The molecule has 10 nitrogen and oxygen atoms in total. The number of phenolic OH excluding ortho intramolecular Hbond substituents is 2. The summed E-state index contributed by atoms with van der Waals surface area (Å²) in [6.07, 6.45) is 6.18. The van der Waals surface area contributed by atoms with E-state index in [9.17, 15) is 29.4 Å². The molecule has 14 heteroatoms. The number of anilines is 4. The molecule has 0 fully saturated rings. The number of benzene rings is 4. The minimum absolute atomic E-state index is 0.0760. The second-order valence-corrected chi connectivity index (χ2v) is 14.5. The van der Waals surface area contributed by atoms with Crippen molar-refractivity contribution in [3.63, 3.8) is 0 Å². The van der Waals surface area contributed by atoms with Crippen molar-refractivity contribution in [3.8, 4) is 11.5 Å². The molecule has 6 N–H and O–H groups in total. The van der Waals surface area contributed by atoms with Gasteiger partial charge in [-0.25, -0.2) is 0 Å². The van der Waals surface area contributed by atoms with E-state index in [1.165, 1.54) is 12.1 Å². The van der Waals surface area contributed by atoms with Crippen LogP contribution in [0.2, 0.25) is 20.1 Å². The summed E-state index contributed by atoms with van der Waals surface area (Å²) in [5.41, 5.74) is 4.25. The monoisotopic (exact) mass is 814 g/mol. The maximum atomic E-state index is 12.5. The van der Waals surface area contributed by atoms with Gasteiger partial charge in [0.15, 0.2) is 0 Å². The van der Waals surface area contributed by atoms with Gasteiger partial charge in [-0.3, -0.25) is 19.2 Å². The van der Waals surface area contributed by atoms with Crippen LogP contribution in [-0.4, -0.2) is 33.8 Å². The van der Waals surface area contributed by atoms with Gasteiger partial charge in [0.2, 0.25) is 23.6 Å². The SMILES string of the molecule is Cc1c(Cl)c(O)cc(NC(=O)Cc2ccc(NC(=O)CCCCCCCCC(=O)Nc3ccc(CC(=O)Nc4cc(O)c(Cl)c(C)c4Cl)cc3)cc2)c1Cl. The van der Waals surface area contributed by atoms with E-state index in [1.807, 2.05) is 0 Å². The molecule has 0 aliphatic heterocycles. The Balaban J connectivity index is 1.05. The fraction of sp³-hybridized carbons (Fsp3) is 0.300. The van der Waals surface area contributed by atoms with Gasteiger partial charge in [-0.2, -0.15) is 0 Å². The Morgan fingerprint density at radius 3 is 1.17 bits per heavy atom. The lowest BCUT2D eigenvalue weighted by molar-refractivity contribution is -0.117. The predicted octanol–water partition coefficient (Wildman–Crippen LogP) is 10.4. The lowest BCUT2D eigenvalue weighted by Gasteiger charge is -2.12. The lowest BCUT2D eigenvalue weighted by Crippen LogP contribution is -2.15. The first kappa shape index (κ1) is 42.3. The minimum atomic E-state index is -0.317. The summed E-state index contributed by atoms with van der Waals surface area (Å²) in [7, 11) is 0. The summed E-state index contributed by atoms with van der Waals surface area (Å²) in [5.74, 6) is -1.14. The Hall–Kier alpha value is -4.48. The third-order valence-electron chi connectivity index (χ3n) is 8.61. The first-order chi connectivity index (χ1) is 25.7. The number of unbranched alkanes of at least 4 members (excludes halogenated alkanes) is 5. The van der Waals surface area contributed by atoms with E-state index in [-0.39, 0.29) is 79.4 Å². The van der Waals surface area contributed by atoms with Gasteiger partial charge in [-0.15, -0.1) is 0 Å². The van der Waals surface area contributed by atoms with Crippen molar-refractivity contribution in [2.45, 2.75) is 78.1 Å². The van der Waals surface area contributed by atoms with E-state index in [2.05, 4.69) is 21.3 Å². The molecule has 54 heavy (non-hydrogen) atoms. The molecule has 0 aliphatic rings. The van der Waals surface area contributed by atoms with Gasteiger partial charge in [0, 0.05) is 36.3 Å². The molecule has 0 radical (unpaired) electrons. The largest absolute Gasteiger partial charge is 0.506 e. The number of amides is 4. The highest BCUT2D eigenvalue weighted by Gasteiger charge is 2.16. The molecule has 0 spiro atoms. The van der Waals surface area contributed by atoms with E-state index in [1.54, 1.807) is 62.4 Å². The Kier molecular flexibility index (Phi) is 15.9. The van der Waals surface area contributed by atoms with Gasteiger partial charge < -0.3 is 31.5 Å². The van der Waals surface area contributed by atoms with Crippen LogP contribution in [0.3, 0.4) is 0 Å². The third kappa shape index (κ3) is 12.6. The summed E-state index contributed by atoms with van der Waals surface area (Å²) in [5, 5.41) is 31.8. The van der Waals surface area contributed by atoms with Gasteiger partial charge in [0.05, 0.1) is 44.3 Å². The van der Waals surface area contributed by atoms with Crippen molar-refractivity contribution in [3.05, 3.63) is 103 Å². The predicted molar refractivity (Wildman–Crippen MR) is 217 cm³/mol. The fourth-order valence-electron chi connectivity index (χ4n) is 5.59. The number of hydrogen-bond donors (Lipinski definition) is 6. The number of phenols is 2. The van der Waals surface area contributed by atoms with Crippen molar-refractivity contribution in [1.29, 1.82) is 0 Å². The van der Waals surface area contributed by atoms with Crippen molar-refractivity contribution in [1.82, 2.24) is 0 Å². The maximum Gasteiger partial charge on any atom is 0.228 e. The number of hydrogen-bond acceptors (Lipinski definition) is 6. The molecule has 4 amide bonds. The Morgan fingerprint density at radius 2 is 0.815 bits per heavy atom. The standard InChI is InChI=1S/C40H42Cl4N4O6/c1-23-37(41)29(21-31(49)39(23)43)47-35(53)19-25-11-15-27(16-12-25)45-33(51)9-7-5-3-4-6-8-10-34(52)46-28-17-13-26(14-18-28)20-36(54)48-30-22-32(50)40(44)24(2)38(30)42/h11-18,21-22,49-50H,3-10,19-20H2,1-2H3,(H,45,51)(H,46,52)(H,47,53)(H,48,54). The van der Waals surface area contributed by atoms with Gasteiger partial charge in [-0.05, 0) is 73.2 Å². The number of halogens is 4. The number of carbonyl (C=O) groups excluding carboxylic acids is 4. The number of aromatic hydroxyl groups is 2. The molecular formula is C40H42Cl4N4O6. The van der Waals surface area contributed by atoms with Crippen LogP contribution in [0, 0.1) is 13.8 Å². The van der Waals surface area contributed by atoms with Crippen LogP contribution in [0.4, 0.5) is 22.7 Å². The van der Waals surface area contributed by atoms with E-state index in [0.717, 1.165) is 49.7 Å². The molecule has 4 aromatic carbocycles. The molecule has 0 unspecified atom stereocenters. The Morgan fingerprint density at radius 1 is 0.481 bits per heavy atom. The molecule has 4 aromatic rings. The van der Waals surface area contributed by atoms with Crippen LogP contribution < -0.4 is 21.3 Å². The van der Waals surface area contributed by atoms with Gasteiger partial charge in [0.1, 0.15) is 11.5 Å². The van der Waals surface area contributed by atoms with E-state index < -0.39 is 0 Å². The zero-order valence-electron chi connectivity index (χ0n) is 29.9. The molecule has 286 valence electrons. The topological polar surface area (TPSA) is 157 Å². The van der Waals surface area contributed by atoms with Crippen LogP contribution in [-0.2, 0) is 32.0 Å².